The first-order chi connectivity index (χ1) is 15.0. The van der Waals surface area contributed by atoms with E-state index in [2.05, 4.69) is 0 Å². The Morgan fingerprint density at radius 1 is 0.903 bits per heavy atom. The molecule has 0 amide bonds. The third-order valence-corrected chi connectivity index (χ3v) is 5.43. The molecular formula is C24H17F2N3O2. The Hall–Kier alpha value is -3.87. The van der Waals surface area contributed by atoms with E-state index in [1.54, 1.807) is 24.3 Å². The van der Waals surface area contributed by atoms with E-state index >= 15 is 0 Å². The van der Waals surface area contributed by atoms with Gasteiger partial charge in [0.1, 0.15) is 17.3 Å². The number of hydrogen-bond acceptors (Lipinski definition) is 4. The molecule has 0 saturated carbocycles. The number of carboxylic acid groups (broad SMARTS) is 1. The van der Waals surface area contributed by atoms with Crippen LogP contribution in [0.2, 0.25) is 0 Å². The van der Waals surface area contributed by atoms with Crippen LogP contribution in [0.15, 0.2) is 60.7 Å². The molecule has 1 N–H and O–H groups in total. The highest BCUT2D eigenvalue weighted by atomic mass is 19.1. The molecule has 2 heterocycles. The lowest BCUT2D eigenvalue weighted by Crippen LogP contribution is -2.26. The van der Waals surface area contributed by atoms with Gasteiger partial charge in [-0.25, -0.2) is 23.5 Å². The van der Waals surface area contributed by atoms with E-state index in [1.165, 1.54) is 36.4 Å². The second-order valence-electron chi connectivity index (χ2n) is 7.44. The first-order valence-corrected chi connectivity index (χ1v) is 9.86. The van der Waals surface area contributed by atoms with E-state index in [9.17, 15) is 18.7 Å². The fraction of sp³-hybridized carbons (Fsp3) is 0.125. The van der Waals surface area contributed by atoms with E-state index in [-0.39, 0.29) is 17.2 Å². The third-order valence-electron chi connectivity index (χ3n) is 5.43. The summed E-state index contributed by atoms with van der Waals surface area (Å²) >= 11 is 0. The minimum absolute atomic E-state index is 0.104. The van der Waals surface area contributed by atoms with Crippen LogP contribution in [0.5, 0.6) is 0 Å². The standard InChI is InChI=1S/C24H17F2N3O2/c25-17-7-4-15(5-8-17)22-23(28-20-12-16(24(30)31)6-10-19(20)27-22)29-11-1-2-14-3-9-18(26)13-21(14)29/h3-10,12-13H,1-2,11H2,(H,30,31). The van der Waals surface area contributed by atoms with Crippen LogP contribution in [0.1, 0.15) is 22.3 Å². The SMILES string of the molecule is O=C(O)c1ccc2nc(-c3ccc(F)cc3)c(N3CCCc4ccc(F)cc43)nc2c1. The first kappa shape index (κ1) is 19.1. The van der Waals surface area contributed by atoms with Crippen molar-refractivity contribution in [2.24, 2.45) is 0 Å². The van der Waals surface area contributed by atoms with E-state index in [0.29, 0.717) is 40.3 Å². The zero-order chi connectivity index (χ0) is 21.5. The Morgan fingerprint density at radius 2 is 1.68 bits per heavy atom. The molecule has 3 aromatic carbocycles. The first-order valence-electron chi connectivity index (χ1n) is 9.86. The number of anilines is 2. The summed E-state index contributed by atoms with van der Waals surface area (Å²) in [7, 11) is 0. The number of aromatic carboxylic acids is 1. The van der Waals surface area contributed by atoms with Gasteiger partial charge in [0, 0.05) is 17.8 Å². The lowest BCUT2D eigenvalue weighted by molar-refractivity contribution is 0.0697. The van der Waals surface area contributed by atoms with Gasteiger partial charge in [-0.15, -0.1) is 0 Å². The Labute approximate surface area is 176 Å². The molecule has 0 fully saturated rings. The Bertz CT molecular complexity index is 1320. The van der Waals surface area contributed by atoms with Gasteiger partial charge < -0.3 is 10.0 Å². The number of carbonyl (C=O) groups is 1. The number of aryl methyl sites for hydroxylation is 1. The van der Waals surface area contributed by atoms with Gasteiger partial charge in [-0.05, 0) is 73.0 Å². The van der Waals surface area contributed by atoms with Gasteiger partial charge >= 0.3 is 5.97 Å². The summed E-state index contributed by atoms with van der Waals surface area (Å²) in [5.41, 5.74) is 3.93. The maximum absolute atomic E-state index is 14.1. The molecule has 31 heavy (non-hydrogen) atoms. The van der Waals surface area contributed by atoms with Gasteiger partial charge in [-0.3, -0.25) is 0 Å². The van der Waals surface area contributed by atoms with Gasteiger partial charge in [-0.2, -0.15) is 0 Å². The average Bonchev–Trinajstić information content (AvgIpc) is 2.78. The third kappa shape index (κ3) is 3.48. The summed E-state index contributed by atoms with van der Waals surface area (Å²) in [4.78, 5) is 22.8. The van der Waals surface area contributed by atoms with Crippen LogP contribution in [-0.4, -0.2) is 27.6 Å². The second kappa shape index (κ2) is 7.43. The Balaban J connectivity index is 1.77. The summed E-state index contributed by atoms with van der Waals surface area (Å²) < 4.78 is 27.6. The van der Waals surface area contributed by atoms with Crippen molar-refractivity contribution < 1.29 is 18.7 Å². The maximum Gasteiger partial charge on any atom is 0.335 e. The molecule has 1 aliphatic heterocycles. The normalized spacial score (nSPS) is 13.3. The molecule has 0 spiro atoms. The molecule has 154 valence electrons. The zero-order valence-corrected chi connectivity index (χ0v) is 16.3. The molecule has 1 aliphatic rings. The van der Waals surface area contributed by atoms with Gasteiger partial charge in [0.05, 0.1) is 16.6 Å². The lowest BCUT2D eigenvalue weighted by atomic mass is 10.0. The zero-order valence-electron chi connectivity index (χ0n) is 16.3. The highest BCUT2D eigenvalue weighted by Gasteiger charge is 2.24. The number of carboxylic acids is 1. The fourth-order valence-electron chi connectivity index (χ4n) is 3.94. The number of fused-ring (bicyclic) bond motifs is 2. The minimum Gasteiger partial charge on any atom is -0.478 e. The molecule has 0 atom stereocenters. The van der Waals surface area contributed by atoms with Crippen LogP contribution < -0.4 is 4.90 Å². The van der Waals surface area contributed by atoms with Crippen molar-refractivity contribution in [1.29, 1.82) is 0 Å². The Kier molecular flexibility index (Phi) is 4.58. The number of benzene rings is 3. The average molecular weight is 417 g/mol. The van der Waals surface area contributed by atoms with Crippen molar-refractivity contribution in [2.75, 3.05) is 11.4 Å². The van der Waals surface area contributed by atoms with Crippen LogP contribution in [0, 0.1) is 11.6 Å². The number of hydrogen-bond donors (Lipinski definition) is 1. The van der Waals surface area contributed by atoms with Crippen LogP contribution in [0.25, 0.3) is 22.3 Å². The van der Waals surface area contributed by atoms with Crippen LogP contribution in [-0.2, 0) is 6.42 Å². The summed E-state index contributed by atoms with van der Waals surface area (Å²) in [6.45, 7) is 0.601. The fourth-order valence-corrected chi connectivity index (χ4v) is 3.94. The van der Waals surface area contributed by atoms with Crippen molar-refractivity contribution >= 4 is 28.5 Å². The smallest absolute Gasteiger partial charge is 0.335 e. The quantitative estimate of drug-likeness (QED) is 0.486. The van der Waals surface area contributed by atoms with Crippen LogP contribution >= 0.6 is 0 Å². The molecule has 1 aromatic heterocycles. The molecule has 7 heteroatoms. The van der Waals surface area contributed by atoms with Crippen molar-refractivity contribution in [1.82, 2.24) is 9.97 Å². The van der Waals surface area contributed by atoms with Crippen molar-refractivity contribution in [3.8, 4) is 11.3 Å². The van der Waals surface area contributed by atoms with E-state index in [4.69, 9.17) is 9.97 Å². The predicted octanol–water partition coefficient (Wildman–Crippen LogP) is 5.36. The van der Waals surface area contributed by atoms with Crippen molar-refractivity contribution in [3.63, 3.8) is 0 Å². The van der Waals surface area contributed by atoms with Gasteiger partial charge in [0.15, 0.2) is 5.82 Å². The number of rotatable bonds is 3. The largest absolute Gasteiger partial charge is 0.478 e. The van der Waals surface area contributed by atoms with Gasteiger partial charge in [-0.1, -0.05) is 6.07 Å². The highest BCUT2D eigenvalue weighted by molar-refractivity contribution is 5.94. The topological polar surface area (TPSA) is 66.3 Å². The molecule has 0 bridgehead atoms. The second-order valence-corrected chi connectivity index (χ2v) is 7.44. The maximum atomic E-state index is 14.1. The van der Waals surface area contributed by atoms with E-state index in [1.807, 2.05) is 4.90 Å². The summed E-state index contributed by atoms with van der Waals surface area (Å²) in [5, 5.41) is 9.35. The molecule has 0 radical (unpaired) electrons. The minimum atomic E-state index is -1.06. The predicted molar refractivity (Wildman–Crippen MR) is 114 cm³/mol. The van der Waals surface area contributed by atoms with E-state index in [0.717, 1.165) is 18.4 Å². The van der Waals surface area contributed by atoms with Crippen LogP contribution in [0.4, 0.5) is 20.3 Å². The summed E-state index contributed by atoms with van der Waals surface area (Å²) in [6.07, 6.45) is 1.67. The highest BCUT2D eigenvalue weighted by Crippen LogP contribution is 2.38. The molecule has 0 unspecified atom stereocenters. The van der Waals surface area contributed by atoms with Crippen molar-refractivity contribution in [3.05, 3.63) is 83.4 Å². The Morgan fingerprint density at radius 3 is 2.45 bits per heavy atom. The summed E-state index contributed by atoms with van der Waals surface area (Å²) in [6, 6.07) is 15.2. The molecule has 5 rings (SSSR count). The molecule has 0 aliphatic carbocycles. The number of halogens is 2. The van der Waals surface area contributed by atoms with Gasteiger partial charge in [0.2, 0.25) is 0 Å². The molecule has 0 saturated heterocycles. The number of nitrogens with zero attached hydrogens (tertiary/aromatic N) is 3. The van der Waals surface area contributed by atoms with Crippen molar-refractivity contribution in [2.45, 2.75) is 12.8 Å². The molecular weight excluding hydrogens is 400 g/mol. The van der Waals surface area contributed by atoms with Crippen LogP contribution in [0.3, 0.4) is 0 Å². The van der Waals surface area contributed by atoms with E-state index < -0.39 is 5.97 Å². The van der Waals surface area contributed by atoms with Gasteiger partial charge in [0.25, 0.3) is 0 Å². The monoisotopic (exact) mass is 417 g/mol. The lowest BCUT2D eigenvalue weighted by Gasteiger charge is -2.31. The number of aromatic nitrogens is 2. The summed E-state index contributed by atoms with van der Waals surface area (Å²) in [5.74, 6) is -1.29. The molecule has 4 aromatic rings. The molecule has 5 nitrogen and oxygen atoms in total.